The van der Waals surface area contributed by atoms with E-state index in [1.54, 1.807) is 6.92 Å². The molecule has 5 N–H and O–H groups in total. The molecule has 0 aliphatic rings. The molecule has 1 aromatic carbocycles. The molecule has 8 nitrogen and oxygen atoms in total. The number of nitrogens with two attached hydrogens (primary N) is 1. The van der Waals surface area contributed by atoms with Crippen molar-refractivity contribution >= 4 is 23.5 Å². The van der Waals surface area contributed by atoms with E-state index in [-0.39, 0.29) is 34.4 Å². The summed E-state index contributed by atoms with van der Waals surface area (Å²) in [4.78, 5) is 19.4. The lowest BCUT2D eigenvalue weighted by atomic mass is 9.94. The van der Waals surface area contributed by atoms with Crippen LogP contribution in [0, 0.1) is 6.92 Å². The molecule has 0 aliphatic heterocycles. The van der Waals surface area contributed by atoms with Gasteiger partial charge in [-0.15, -0.1) is 5.10 Å². The number of carbonyl (C=O) groups is 1. The lowest BCUT2D eigenvalue weighted by Gasteiger charge is -2.18. The molecule has 1 amide bonds. The summed E-state index contributed by atoms with van der Waals surface area (Å²) in [6, 6.07) is 5.29. The van der Waals surface area contributed by atoms with Crippen molar-refractivity contribution in [2.24, 2.45) is 0 Å². The third-order valence-corrected chi connectivity index (χ3v) is 3.91. The second-order valence-electron chi connectivity index (χ2n) is 5.89. The van der Waals surface area contributed by atoms with E-state index in [2.05, 4.69) is 30.8 Å². The van der Waals surface area contributed by atoms with Crippen LogP contribution in [0.1, 0.15) is 21.6 Å². The van der Waals surface area contributed by atoms with Gasteiger partial charge in [-0.1, -0.05) is 6.07 Å². The van der Waals surface area contributed by atoms with Crippen molar-refractivity contribution in [1.29, 1.82) is 0 Å². The van der Waals surface area contributed by atoms with Crippen LogP contribution in [0.3, 0.4) is 0 Å². The van der Waals surface area contributed by atoms with Crippen molar-refractivity contribution < 1.29 is 18.0 Å². The normalized spacial score (nSPS) is 11.3. The Labute approximate surface area is 157 Å². The molecule has 2 heterocycles. The number of rotatable bonds is 4. The lowest BCUT2D eigenvalue weighted by molar-refractivity contribution is -0.137. The minimum Gasteiger partial charge on any atom is -0.368 e. The summed E-state index contributed by atoms with van der Waals surface area (Å²) in [5.41, 5.74) is 5.41. The van der Waals surface area contributed by atoms with Crippen LogP contribution in [0.5, 0.6) is 0 Å². The first-order valence-corrected chi connectivity index (χ1v) is 8.04. The zero-order chi connectivity index (χ0) is 20.5. The first-order valence-electron chi connectivity index (χ1n) is 8.04. The second kappa shape index (κ2) is 7.18. The Morgan fingerprint density at radius 3 is 2.54 bits per heavy atom. The molecule has 0 aliphatic carbocycles. The third-order valence-electron chi connectivity index (χ3n) is 3.91. The predicted molar refractivity (Wildman–Crippen MR) is 96.9 cm³/mol. The van der Waals surface area contributed by atoms with Gasteiger partial charge in [-0.25, -0.2) is 5.10 Å². The van der Waals surface area contributed by atoms with E-state index in [0.29, 0.717) is 5.56 Å². The zero-order valence-corrected chi connectivity index (χ0v) is 14.8. The molecule has 28 heavy (non-hydrogen) atoms. The number of carbonyl (C=O) groups excluding carboxylic acids is 1. The first kappa shape index (κ1) is 19.1. The Kier molecular flexibility index (Phi) is 4.91. The van der Waals surface area contributed by atoms with Crippen LogP contribution >= 0.6 is 0 Å². The Bertz CT molecular complexity index is 1010. The number of H-pyrrole nitrogens is 1. The summed E-state index contributed by atoms with van der Waals surface area (Å²) in [7, 11) is 1.44. The quantitative estimate of drug-likeness (QED) is 0.543. The van der Waals surface area contributed by atoms with Gasteiger partial charge in [0.05, 0.1) is 5.56 Å². The maximum atomic E-state index is 13.7. The van der Waals surface area contributed by atoms with Gasteiger partial charge < -0.3 is 16.4 Å². The maximum Gasteiger partial charge on any atom is 0.417 e. The number of anilines is 3. The van der Waals surface area contributed by atoms with Crippen LogP contribution in [0.25, 0.3) is 11.1 Å². The largest absolute Gasteiger partial charge is 0.417 e. The Morgan fingerprint density at radius 2 is 2.00 bits per heavy atom. The summed E-state index contributed by atoms with van der Waals surface area (Å²) in [6.07, 6.45) is -3.37. The third kappa shape index (κ3) is 3.87. The highest BCUT2D eigenvalue weighted by atomic mass is 19.4. The highest BCUT2D eigenvalue weighted by Crippen LogP contribution is 2.41. The zero-order valence-electron chi connectivity index (χ0n) is 14.8. The molecule has 2 aromatic heterocycles. The fraction of sp³-hybridized carbons (Fsp3) is 0.176. The van der Waals surface area contributed by atoms with E-state index in [1.165, 1.54) is 31.4 Å². The van der Waals surface area contributed by atoms with Gasteiger partial charge in [-0.3, -0.25) is 9.78 Å². The molecule has 0 unspecified atom stereocenters. The average molecular weight is 391 g/mol. The number of amides is 1. The summed E-state index contributed by atoms with van der Waals surface area (Å²) in [5.74, 6) is -0.340. The van der Waals surface area contributed by atoms with Gasteiger partial charge >= 0.3 is 6.18 Å². The summed E-state index contributed by atoms with van der Waals surface area (Å²) in [5, 5.41) is 11.2. The van der Waals surface area contributed by atoms with Crippen LogP contribution in [0.15, 0.2) is 30.5 Å². The maximum absolute atomic E-state index is 13.7. The van der Waals surface area contributed by atoms with E-state index in [1.807, 2.05) is 0 Å². The summed E-state index contributed by atoms with van der Waals surface area (Å²) in [6.45, 7) is 1.55. The van der Waals surface area contributed by atoms with Gasteiger partial charge in [0.15, 0.2) is 0 Å². The molecule has 146 valence electrons. The molecule has 0 fully saturated rings. The fourth-order valence-electron chi connectivity index (χ4n) is 2.73. The fourth-order valence-corrected chi connectivity index (χ4v) is 2.73. The van der Waals surface area contributed by atoms with Gasteiger partial charge in [0.25, 0.3) is 5.91 Å². The van der Waals surface area contributed by atoms with Crippen molar-refractivity contribution in [2.45, 2.75) is 13.1 Å². The number of aromatic nitrogens is 4. The van der Waals surface area contributed by atoms with Crippen molar-refractivity contribution in [3.63, 3.8) is 0 Å². The summed E-state index contributed by atoms with van der Waals surface area (Å²) < 4.78 is 41.2. The van der Waals surface area contributed by atoms with Crippen molar-refractivity contribution in [2.75, 3.05) is 18.1 Å². The van der Waals surface area contributed by atoms with E-state index >= 15 is 0 Å². The van der Waals surface area contributed by atoms with Crippen molar-refractivity contribution in [3.05, 3.63) is 47.3 Å². The SMILES string of the molecule is CNC(=O)c1ccc(-c2c(C)cc(Nc3n[nH]c(N)n3)cc2C(F)(F)F)cn1. The number of benzene rings is 1. The first-order chi connectivity index (χ1) is 13.2. The number of hydrogen-bond donors (Lipinski definition) is 4. The number of pyridine rings is 1. The Morgan fingerprint density at radius 1 is 1.25 bits per heavy atom. The van der Waals surface area contributed by atoms with Gasteiger partial charge in [0, 0.05) is 24.5 Å². The predicted octanol–water partition coefficient (Wildman–Crippen LogP) is 2.88. The van der Waals surface area contributed by atoms with E-state index < -0.39 is 17.6 Å². The highest BCUT2D eigenvalue weighted by Gasteiger charge is 2.35. The monoisotopic (exact) mass is 391 g/mol. The number of nitrogens with zero attached hydrogens (tertiary/aromatic N) is 3. The Balaban J connectivity index is 2.06. The molecule has 0 saturated carbocycles. The standard InChI is InChI=1S/C17H16F3N7O/c1-8-5-10(24-16-25-15(21)26-27-16)6-11(17(18,19)20)13(8)9-3-4-12(23-7-9)14(28)22-2/h3-7H,1-2H3,(H,22,28)(H4,21,24,25,26,27). The highest BCUT2D eigenvalue weighted by molar-refractivity contribution is 5.92. The topological polar surface area (TPSA) is 122 Å². The van der Waals surface area contributed by atoms with Crippen LogP contribution in [0.2, 0.25) is 0 Å². The molecule has 0 saturated heterocycles. The van der Waals surface area contributed by atoms with Crippen molar-refractivity contribution in [3.8, 4) is 11.1 Å². The Hall–Kier alpha value is -3.63. The molecular weight excluding hydrogens is 375 g/mol. The summed E-state index contributed by atoms with van der Waals surface area (Å²) >= 11 is 0. The molecule has 11 heteroatoms. The van der Waals surface area contributed by atoms with E-state index in [4.69, 9.17) is 5.73 Å². The number of aryl methyl sites for hydroxylation is 1. The molecule has 3 aromatic rings. The van der Waals surface area contributed by atoms with Crippen LogP contribution in [-0.2, 0) is 6.18 Å². The molecule has 3 rings (SSSR count). The van der Waals surface area contributed by atoms with Crippen LogP contribution in [0.4, 0.5) is 30.8 Å². The van der Waals surface area contributed by atoms with Crippen LogP contribution in [-0.4, -0.2) is 33.1 Å². The van der Waals surface area contributed by atoms with Gasteiger partial charge in [0.1, 0.15) is 5.69 Å². The van der Waals surface area contributed by atoms with Gasteiger partial charge in [-0.2, -0.15) is 18.2 Å². The number of halogens is 3. The smallest absolute Gasteiger partial charge is 0.368 e. The molecule has 0 radical (unpaired) electrons. The number of nitrogen functional groups attached to an aromatic ring is 1. The van der Waals surface area contributed by atoms with E-state index in [9.17, 15) is 18.0 Å². The lowest BCUT2D eigenvalue weighted by Crippen LogP contribution is -2.19. The number of aromatic amines is 1. The number of hydrogen-bond acceptors (Lipinski definition) is 6. The van der Waals surface area contributed by atoms with Gasteiger partial charge in [0.2, 0.25) is 11.9 Å². The number of nitrogens with one attached hydrogen (secondary N) is 3. The molecule has 0 spiro atoms. The molecule has 0 bridgehead atoms. The molecule has 0 atom stereocenters. The van der Waals surface area contributed by atoms with Gasteiger partial charge in [-0.05, 0) is 36.2 Å². The second-order valence-corrected chi connectivity index (χ2v) is 5.89. The minimum atomic E-state index is -4.62. The number of alkyl halides is 3. The minimum absolute atomic E-state index is 0.0245. The average Bonchev–Trinajstić information content (AvgIpc) is 3.05. The van der Waals surface area contributed by atoms with Crippen LogP contribution < -0.4 is 16.4 Å². The molecular formula is C17H16F3N7O. The van der Waals surface area contributed by atoms with E-state index in [0.717, 1.165) is 6.07 Å². The van der Waals surface area contributed by atoms with Crippen molar-refractivity contribution in [1.82, 2.24) is 25.5 Å².